The van der Waals surface area contributed by atoms with Crippen molar-refractivity contribution < 1.29 is 4.79 Å². The molecule has 0 aromatic heterocycles. The van der Waals surface area contributed by atoms with Gasteiger partial charge in [-0.15, -0.1) is 0 Å². The quantitative estimate of drug-likeness (QED) is 0.252. The Kier molecular flexibility index (Phi) is 13.3. The molecule has 128 valence electrons. The van der Waals surface area contributed by atoms with Gasteiger partial charge >= 0.3 is 0 Å². The summed E-state index contributed by atoms with van der Waals surface area (Å²) >= 11 is 0. The summed E-state index contributed by atoms with van der Waals surface area (Å²) in [4.78, 5) is 12.4. The smallest absolute Gasteiger partial charge is 0.136 e. The molecule has 2 atom stereocenters. The first-order valence-corrected chi connectivity index (χ1v) is 9.42. The van der Waals surface area contributed by atoms with Crippen LogP contribution in [0.4, 0.5) is 0 Å². The number of ketones is 1. The van der Waals surface area contributed by atoms with Gasteiger partial charge in [0.25, 0.3) is 0 Å². The fourth-order valence-corrected chi connectivity index (χ4v) is 3.08. The third-order valence-corrected chi connectivity index (χ3v) is 4.63. The summed E-state index contributed by atoms with van der Waals surface area (Å²) in [5.41, 5.74) is 1.37. The summed E-state index contributed by atoms with van der Waals surface area (Å²) in [6, 6.07) is 0. The predicted molar refractivity (Wildman–Crippen MR) is 99.1 cm³/mol. The number of allylic oxidation sites excluding steroid dienone is 3. The standard InChI is InChI=1S/C21H38O/c1-6-10-11-14-19(9-4)15-16-21(22)18(5)17-20(12-7-2)13-8-3/h7,12,18-19H,2,6,8-11,13-17H2,1,3-5H3. The molecule has 2 unspecified atom stereocenters. The van der Waals surface area contributed by atoms with Crippen LogP contribution in [0.3, 0.4) is 0 Å². The molecule has 0 radical (unpaired) electrons. The summed E-state index contributed by atoms with van der Waals surface area (Å²) in [6.07, 6.45) is 15.3. The largest absolute Gasteiger partial charge is 0.299 e. The van der Waals surface area contributed by atoms with E-state index in [0.717, 1.165) is 38.0 Å². The molecule has 0 amide bonds. The lowest BCUT2D eigenvalue weighted by atomic mass is 9.88. The van der Waals surface area contributed by atoms with E-state index in [1.54, 1.807) is 0 Å². The van der Waals surface area contributed by atoms with Crippen molar-refractivity contribution in [2.45, 2.75) is 91.9 Å². The molecule has 1 heteroatoms. The topological polar surface area (TPSA) is 17.1 Å². The second-order valence-corrected chi connectivity index (χ2v) is 6.69. The van der Waals surface area contributed by atoms with E-state index in [4.69, 9.17) is 0 Å². The molecule has 22 heavy (non-hydrogen) atoms. The van der Waals surface area contributed by atoms with Gasteiger partial charge < -0.3 is 0 Å². The van der Waals surface area contributed by atoms with Crippen molar-refractivity contribution in [1.29, 1.82) is 0 Å². The van der Waals surface area contributed by atoms with E-state index in [1.165, 1.54) is 37.7 Å². The Morgan fingerprint density at radius 2 is 1.77 bits per heavy atom. The van der Waals surface area contributed by atoms with Crippen molar-refractivity contribution in [3.63, 3.8) is 0 Å². The van der Waals surface area contributed by atoms with Crippen LogP contribution in [0.2, 0.25) is 0 Å². The van der Waals surface area contributed by atoms with E-state index in [-0.39, 0.29) is 5.92 Å². The Morgan fingerprint density at radius 1 is 1.05 bits per heavy atom. The number of hydrogen-bond donors (Lipinski definition) is 0. The highest BCUT2D eigenvalue weighted by molar-refractivity contribution is 5.80. The molecule has 0 spiro atoms. The minimum atomic E-state index is 0.158. The van der Waals surface area contributed by atoms with Crippen molar-refractivity contribution in [2.24, 2.45) is 11.8 Å². The van der Waals surface area contributed by atoms with Gasteiger partial charge in [0.2, 0.25) is 0 Å². The van der Waals surface area contributed by atoms with Crippen molar-refractivity contribution in [3.8, 4) is 0 Å². The van der Waals surface area contributed by atoms with Crippen LogP contribution in [0.1, 0.15) is 91.9 Å². The average Bonchev–Trinajstić information content (AvgIpc) is 2.50. The maximum absolute atomic E-state index is 12.4. The van der Waals surface area contributed by atoms with Gasteiger partial charge in [0.15, 0.2) is 0 Å². The van der Waals surface area contributed by atoms with Crippen LogP contribution in [-0.2, 0) is 4.79 Å². The first-order chi connectivity index (χ1) is 10.6. The first-order valence-electron chi connectivity index (χ1n) is 9.42. The van der Waals surface area contributed by atoms with Crippen LogP contribution in [0.25, 0.3) is 0 Å². The maximum Gasteiger partial charge on any atom is 0.136 e. The summed E-state index contributed by atoms with van der Waals surface area (Å²) < 4.78 is 0. The molecular weight excluding hydrogens is 268 g/mol. The fourth-order valence-electron chi connectivity index (χ4n) is 3.08. The van der Waals surface area contributed by atoms with Gasteiger partial charge in [-0.05, 0) is 25.2 Å². The summed E-state index contributed by atoms with van der Waals surface area (Å²) in [7, 11) is 0. The van der Waals surface area contributed by atoms with Crippen LogP contribution < -0.4 is 0 Å². The highest BCUT2D eigenvalue weighted by Gasteiger charge is 2.16. The van der Waals surface area contributed by atoms with Gasteiger partial charge in [0, 0.05) is 12.3 Å². The molecule has 0 aliphatic carbocycles. The average molecular weight is 307 g/mol. The molecule has 0 N–H and O–H groups in total. The van der Waals surface area contributed by atoms with Gasteiger partial charge in [0.1, 0.15) is 5.78 Å². The van der Waals surface area contributed by atoms with E-state index in [1.807, 2.05) is 6.08 Å². The van der Waals surface area contributed by atoms with E-state index in [0.29, 0.717) is 5.78 Å². The van der Waals surface area contributed by atoms with E-state index < -0.39 is 0 Å². The zero-order valence-electron chi connectivity index (χ0n) is 15.5. The SMILES string of the molecule is C=CC=C(CCC)CC(C)C(=O)CCC(CC)CCCCC. The van der Waals surface area contributed by atoms with Crippen LogP contribution >= 0.6 is 0 Å². The van der Waals surface area contributed by atoms with E-state index in [2.05, 4.69) is 40.3 Å². The maximum atomic E-state index is 12.4. The van der Waals surface area contributed by atoms with Crippen molar-refractivity contribution in [3.05, 3.63) is 24.3 Å². The van der Waals surface area contributed by atoms with Crippen molar-refractivity contribution >= 4 is 5.78 Å². The fraction of sp³-hybridized carbons (Fsp3) is 0.762. The van der Waals surface area contributed by atoms with Gasteiger partial charge in [-0.3, -0.25) is 4.79 Å². The van der Waals surface area contributed by atoms with Crippen LogP contribution in [-0.4, -0.2) is 5.78 Å². The number of rotatable bonds is 14. The second kappa shape index (κ2) is 13.8. The Morgan fingerprint density at radius 3 is 2.32 bits per heavy atom. The molecule has 0 aliphatic rings. The zero-order chi connectivity index (χ0) is 16.8. The molecule has 0 rings (SSSR count). The van der Waals surface area contributed by atoms with E-state index in [9.17, 15) is 4.79 Å². The number of hydrogen-bond acceptors (Lipinski definition) is 1. The lowest BCUT2D eigenvalue weighted by Crippen LogP contribution is -2.13. The van der Waals surface area contributed by atoms with Gasteiger partial charge in [0.05, 0.1) is 0 Å². The molecule has 0 heterocycles. The summed E-state index contributed by atoms with van der Waals surface area (Å²) in [5.74, 6) is 1.34. The third kappa shape index (κ3) is 9.97. The molecular formula is C21H38O. The monoisotopic (exact) mass is 306 g/mol. The van der Waals surface area contributed by atoms with Crippen LogP contribution in [0.15, 0.2) is 24.3 Å². The van der Waals surface area contributed by atoms with E-state index >= 15 is 0 Å². The van der Waals surface area contributed by atoms with Crippen molar-refractivity contribution in [1.82, 2.24) is 0 Å². The molecule has 0 saturated carbocycles. The highest BCUT2D eigenvalue weighted by Crippen LogP contribution is 2.23. The number of carbonyl (C=O) groups is 1. The Balaban J connectivity index is 4.22. The highest BCUT2D eigenvalue weighted by atomic mass is 16.1. The van der Waals surface area contributed by atoms with Gasteiger partial charge in [-0.25, -0.2) is 0 Å². The van der Waals surface area contributed by atoms with Crippen molar-refractivity contribution in [2.75, 3.05) is 0 Å². The Labute approximate surface area is 139 Å². The van der Waals surface area contributed by atoms with Gasteiger partial charge in [-0.2, -0.15) is 0 Å². The molecule has 0 saturated heterocycles. The Hall–Kier alpha value is -0.850. The molecule has 0 bridgehead atoms. The number of Topliss-reactive ketones (excluding diaryl/α,β-unsaturated/α-hetero) is 1. The summed E-state index contributed by atoms with van der Waals surface area (Å²) in [6.45, 7) is 12.6. The summed E-state index contributed by atoms with van der Waals surface area (Å²) in [5, 5.41) is 0. The molecule has 0 aliphatic heterocycles. The number of unbranched alkanes of at least 4 members (excludes halogenated alkanes) is 2. The Bertz CT molecular complexity index is 327. The molecule has 1 nitrogen and oxygen atoms in total. The van der Waals surface area contributed by atoms with Crippen LogP contribution in [0.5, 0.6) is 0 Å². The zero-order valence-corrected chi connectivity index (χ0v) is 15.5. The minimum Gasteiger partial charge on any atom is -0.299 e. The first kappa shape index (κ1) is 21.1. The number of carbonyl (C=O) groups excluding carboxylic acids is 1. The molecule has 0 aromatic carbocycles. The third-order valence-electron chi connectivity index (χ3n) is 4.63. The predicted octanol–water partition coefficient (Wildman–Crippen LogP) is 6.88. The minimum absolute atomic E-state index is 0.158. The second-order valence-electron chi connectivity index (χ2n) is 6.69. The normalized spacial score (nSPS) is 14.6. The van der Waals surface area contributed by atoms with Gasteiger partial charge in [-0.1, -0.05) is 90.5 Å². The molecule has 0 aromatic rings. The lowest BCUT2D eigenvalue weighted by molar-refractivity contribution is -0.122. The lowest BCUT2D eigenvalue weighted by Gasteiger charge is -2.17. The molecule has 0 fully saturated rings. The van der Waals surface area contributed by atoms with Crippen LogP contribution in [0, 0.1) is 11.8 Å².